The van der Waals surface area contributed by atoms with Gasteiger partial charge < -0.3 is 32.3 Å². The number of nitrogens with zero attached hydrogens (tertiary/aromatic N) is 1. The highest BCUT2D eigenvalue weighted by molar-refractivity contribution is 5.60. The van der Waals surface area contributed by atoms with E-state index in [9.17, 15) is 0 Å². The molecule has 6 nitrogen and oxygen atoms in total. The Morgan fingerprint density at radius 1 is 0.792 bits per heavy atom. The van der Waals surface area contributed by atoms with Crippen LogP contribution in [0.2, 0.25) is 0 Å². The summed E-state index contributed by atoms with van der Waals surface area (Å²) in [6, 6.07) is 11.1. The number of aryl methyl sites for hydroxylation is 2. The maximum absolute atomic E-state index is 8.83. The SMILES string of the molecule is Cc1cc(N)cc(C)c1N.Nc1ccc(N(CCO)CCO)cc1. The first-order valence-electron chi connectivity index (χ1n) is 7.83. The topological polar surface area (TPSA) is 122 Å². The molecule has 2 aromatic rings. The number of aliphatic hydroxyl groups is 2. The third-order valence-electron chi connectivity index (χ3n) is 3.61. The van der Waals surface area contributed by atoms with E-state index in [-0.39, 0.29) is 13.2 Å². The lowest BCUT2D eigenvalue weighted by Gasteiger charge is -2.22. The summed E-state index contributed by atoms with van der Waals surface area (Å²) >= 11 is 0. The highest BCUT2D eigenvalue weighted by atomic mass is 16.3. The van der Waals surface area contributed by atoms with Crippen LogP contribution in [-0.2, 0) is 0 Å². The third-order valence-corrected chi connectivity index (χ3v) is 3.61. The van der Waals surface area contributed by atoms with Gasteiger partial charge in [-0.3, -0.25) is 0 Å². The van der Waals surface area contributed by atoms with E-state index in [1.54, 1.807) is 12.1 Å². The first kappa shape index (κ1) is 19.6. The molecule has 0 aliphatic rings. The Morgan fingerprint density at radius 2 is 1.25 bits per heavy atom. The van der Waals surface area contributed by atoms with E-state index < -0.39 is 0 Å². The van der Waals surface area contributed by atoms with Gasteiger partial charge in [0.2, 0.25) is 0 Å². The van der Waals surface area contributed by atoms with Gasteiger partial charge in [0, 0.05) is 35.8 Å². The number of nitrogens with two attached hydrogens (primary N) is 3. The van der Waals surface area contributed by atoms with E-state index in [1.807, 2.05) is 43.0 Å². The first-order chi connectivity index (χ1) is 11.4. The number of anilines is 4. The number of rotatable bonds is 5. The molecule has 0 saturated heterocycles. The molecular formula is C18H28N4O2. The predicted octanol–water partition coefficient (Wildman–Crippen LogP) is 1.53. The van der Waals surface area contributed by atoms with Crippen molar-refractivity contribution in [1.29, 1.82) is 0 Å². The number of hydrogen-bond acceptors (Lipinski definition) is 6. The molecule has 0 saturated carbocycles. The molecule has 0 atom stereocenters. The molecule has 0 bridgehead atoms. The minimum Gasteiger partial charge on any atom is -0.399 e. The Morgan fingerprint density at radius 3 is 1.67 bits per heavy atom. The van der Waals surface area contributed by atoms with Gasteiger partial charge >= 0.3 is 0 Å². The molecule has 2 aromatic carbocycles. The second kappa shape index (κ2) is 9.64. The number of benzene rings is 2. The van der Waals surface area contributed by atoms with Crippen molar-refractivity contribution in [3.05, 3.63) is 47.5 Å². The van der Waals surface area contributed by atoms with Crippen LogP contribution < -0.4 is 22.1 Å². The molecule has 0 unspecified atom stereocenters. The Labute approximate surface area is 143 Å². The first-order valence-corrected chi connectivity index (χ1v) is 7.83. The van der Waals surface area contributed by atoms with Gasteiger partial charge in [-0.15, -0.1) is 0 Å². The summed E-state index contributed by atoms with van der Waals surface area (Å²) < 4.78 is 0. The molecule has 24 heavy (non-hydrogen) atoms. The lowest BCUT2D eigenvalue weighted by Crippen LogP contribution is -2.29. The largest absolute Gasteiger partial charge is 0.399 e. The lowest BCUT2D eigenvalue weighted by molar-refractivity contribution is 0.281. The fourth-order valence-electron chi connectivity index (χ4n) is 2.30. The fraction of sp³-hybridized carbons (Fsp3) is 0.333. The quantitative estimate of drug-likeness (QED) is 0.529. The van der Waals surface area contributed by atoms with Gasteiger partial charge in [-0.1, -0.05) is 0 Å². The van der Waals surface area contributed by atoms with E-state index >= 15 is 0 Å². The molecule has 6 heteroatoms. The molecule has 0 heterocycles. The summed E-state index contributed by atoms with van der Waals surface area (Å²) in [5, 5.41) is 17.7. The van der Waals surface area contributed by atoms with Crippen molar-refractivity contribution in [1.82, 2.24) is 0 Å². The summed E-state index contributed by atoms with van der Waals surface area (Å²) in [7, 11) is 0. The van der Waals surface area contributed by atoms with Crippen LogP contribution >= 0.6 is 0 Å². The molecule has 0 radical (unpaired) electrons. The van der Waals surface area contributed by atoms with E-state index in [0.29, 0.717) is 18.8 Å². The molecule has 0 aromatic heterocycles. The van der Waals surface area contributed by atoms with Crippen LogP contribution in [0.1, 0.15) is 11.1 Å². The molecule has 0 amide bonds. The van der Waals surface area contributed by atoms with Crippen LogP contribution in [0.5, 0.6) is 0 Å². The Balaban J connectivity index is 0.000000254. The maximum atomic E-state index is 8.83. The molecule has 0 aliphatic carbocycles. The van der Waals surface area contributed by atoms with Crippen molar-refractivity contribution in [3.63, 3.8) is 0 Å². The molecule has 2 rings (SSSR count). The zero-order valence-corrected chi connectivity index (χ0v) is 14.4. The van der Waals surface area contributed by atoms with E-state index in [2.05, 4.69) is 0 Å². The van der Waals surface area contributed by atoms with Gasteiger partial charge in [0.25, 0.3) is 0 Å². The molecule has 0 aliphatic heterocycles. The monoisotopic (exact) mass is 332 g/mol. The summed E-state index contributed by atoms with van der Waals surface area (Å²) in [6.07, 6.45) is 0. The van der Waals surface area contributed by atoms with E-state index in [4.69, 9.17) is 27.4 Å². The van der Waals surface area contributed by atoms with Crippen LogP contribution in [0.15, 0.2) is 36.4 Å². The highest BCUT2D eigenvalue weighted by Crippen LogP contribution is 2.19. The van der Waals surface area contributed by atoms with Crippen molar-refractivity contribution in [2.45, 2.75) is 13.8 Å². The highest BCUT2D eigenvalue weighted by Gasteiger charge is 2.04. The lowest BCUT2D eigenvalue weighted by atomic mass is 10.1. The zero-order chi connectivity index (χ0) is 18.1. The molecule has 0 spiro atoms. The van der Waals surface area contributed by atoms with Crippen molar-refractivity contribution in [2.24, 2.45) is 0 Å². The van der Waals surface area contributed by atoms with Gasteiger partial charge in [0.15, 0.2) is 0 Å². The zero-order valence-electron chi connectivity index (χ0n) is 14.4. The minimum absolute atomic E-state index is 0.0738. The maximum Gasteiger partial charge on any atom is 0.0606 e. The average Bonchev–Trinajstić information content (AvgIpc) is 2.54. The molecule has 8 N–H and O–H groups in total. The third kappa shape index (κ3) is 5.98. The van der Waals surface area contributed by atoms with E-state index in [1.165, 1.54) is 0 Å². The average molecular weight is 332 g/mol. The summed E-state index contributed by atoms with van der Waals surface area (Å²) in [5.74, 6) is 0. The van der Waals surface area contributed by atoms with Gasteiger partial charge in [-0.2, -0.15) is 0 Å². The standard InChI is InChI=1S/C10H16N2O2.C8H12N2/c11-9-1-3-10(4-2-9)12(5-7-13)6-8-14;1-5-3-7(9)4-6(2)8(5)10/h1-4,13-14H,5-8,11H2;3-4H,9-10H2,1-2H3. The van der Waals surface area contributed by atoms with Crippen LogP contribution in [0.4, 0.5) is 22.7 Å². The van der Waals surface area contributed by atoms with Gasteiger partial charge in [-0.25, -0.2) is 0 Å². The van der Waals surface area contributed by atoms with Gasteiger partial charge in [-0.05, 0) is 61.4 Å². The molecule has 0 fully saturated rings. The van der Waals surface area contributed by atoms with Gasteiger partial charge in [0.05, 0.1) is 13.2 Å². The predicted molar refractivity (Wildman–Crippen MR) is 102 cm³/mol. The Hall–Kier alpha value is -2.44. The van der Waals surface area contributed by atoms with Crippen LogP contribution in [-0.4, -0.2) is 36.5 Å². The summed E-state index contributed by atoms with van der Waals surface area (Å²) in [5.41, 5.74) is 22.2. The van der Waals surface area contributed by atoms with Crippen LogP contribution in [0.25, 0.3) is 0 Å². The van der Waals surface area contributed by atoms with Crippen LogP contribution in [0, 0.1) is 13.8 Å². The fourth-order valence-corrected chi connectivity index (χ4v) is 2.30. The Kier molecular flexibility index (Phi) is 7.88. The minimum atomic E-state index is 0.0738. The summed E-state index contributed by atoms with van der Waals surface area (Å²) in [4.78, 5) is 1.90. The number of hydrogen-bond donors (Lipinski definition) is 5. The van der Waals surface area contributed by atoms with Gasteiger partial charge in [0.1, 0.15) is 0 Å². The summed E-state index contributed by atoms with van der Waals surface area (Å²) in [6.45, 7) is 5.10. The smallest absolute Gasteiger partial charge is 0.0606 e. The Bertz CT molecular complexity index is 600. The van der Waals surface area contributed by atoms with Crippen molar-refractivity contribution >= 4 is 22.7 Å². The normalized spacial score (nSPS) is 10.0. The van der Waals surface area contributed by atoms with E-state index in [0.717, 1.165) is 28.2 Å². The second-order valence-electron chi connectivity index (χ2n) is 5.59. The molecule has 132 valence electrons. The number of nitrogen functional groups attached to an aromatic ring is 3. The van der Waals surface area contributed by atoms with Crippen molar-refractivity contribution in [3.8, 4) is 0 Å². The molecular weight excluding hydrogens is 304 g/mol. The van der Waals surface area contributed by atoms with Crippen molar-refractivity contribution in [2.75, 3.05) is 48.4 Å². The van der Waals surface area contributed by atoms with Crippen LogP contribution in [0.3, 0.4) is 0 Å². The second-order valence-corrected chi connectivity index (χ2v) is 5.59. The van der Waals surface area contributed by atoms with Crippen molar-refractivity contribution < 1.29 is 10.2 Å². The number of aliphatic hydroxyl groups excluding tert-OH is 2.